The SMILES string of the molecule is COCOc1ccc2cc3c4c(OCOC)ccc3cc2c1/C=C\CCCCC/C=C\CCCCCC/C=C\4. The fourth-order valence-corrected chi connectivity index (χ4v) is 5.21. The third kappa shape index (κ3) is 8.45. The van der Waals surface area contributed by atoms with Crippen LogP contribution in [0.2, 0.25) is 0 Å². The highest BCUT2D eigenvalue weighted by molar-refractivity contribution is 6.06. The minimum Gasteiger partial charge on any atom is -0.467 e. The molecule has 0 saturated heterocycles. The predicted octanol–water partition coefficient (Wildman–Crippen LogP) is 9.85. The highest BCUT2D eigenvalue weighted by atomic mass is 16.7. The maximum Gasteiger partial charge on any atom is 0.188 e. The third-order valence-corrected chi connectivity index (χ3v) is 7.29. The van der Waals surface area contributed by atoms with Crippen molar-refractivity contribution >= 4 is 33.7 Å². The highest BCUT2D eigenvalue weighted by Crippen LogP contribution is 2.37. The van der Waals surface area contributed by atoms with Gasteiger partial charge in [-0.15, -0.1) is 0 Å². The smallest absolute Gasteiger partial charge is 0.188 e. The number of ether oxygens (including phenoxy) is 4. The van der Waals surface area contributed by atoms with Gasteiger partial charge in [0.2, 0.25) is 0 Å². The maximum absolute atomic E-state index is 5.98. The molecule has 0 atom stereocenters. The second kappa shape index (κ2) is 16.1. The molecule has 0 heterocycles. The van der Waals surface area contributed by atoms with Gasteiger partial charge in [0.05, 0.1) is 0 Å². The minimum absolute atomic E-state index is 0.225. The van der Waals surface area contributed by atoms with Crippen LogP contribution in [-0.2, 0) is 9.47 Å². The number of hydrogen-bond donors (Lipinski definition) is 0. The Balaban J connectivity index is 1.74. The van der Waals surface area contributed by atoms with Gasteiger partial charge in [0.25, 0.3) is 0 Å². The summed E-state index contributed by atoms with van der Waals surface area (Å²) in [6.07, 6.45) is 27.1. The minimum atomic E-state index is 0.225. The van der Waals surface area contributed by atoms with Crippen LogP contribution >= 0.6 is 0 Å². The van der Waals surface area contributed by atoms with Gasteiger partial charge < -0.3 is 18.9 Å². The standard InChI is InChI=1S/C35H44O4/c1-36-26-38-34-22-20-28-25-33-29-21-23-35(39-27-37-2)31(33)19-17-15-13-11-9-7-5-3-4-6-8-10-12-14-16-18-30(34)32(28)24-29/h3-4,16-25H,5-15,26-27H2,1-2H3/b4-3-,18-16-,19-17-. The Morgan fingerprint density at radius 3 is 1.36 bits per heavy atom. The molecule has 2 aliphatic carbocycles. The number of rotatable bonds is 6. The van der Waals surface area contributed by atoms with E-state index >= 15 is 0 Å². The average molecular weight is 529 g/mol. The fraction of sp³-hybridized carbons (Fsp3) is 0.429. The average Bonchev–Trinajstić information content (AvgIpc) is 2.95. The lowest BCUT2D eigenvalue weighted by Gasteiger charge is -2.15. The molecule has 3 aromatic carbocycles. The summed E-state index contributed by atoms with van der Waals surface area (Å²) in [6.45, 7) is 0.450. The summed E-state index contributed by atoms with van der Waals surface area (Å²) in [5.74, 6) is 1.69. The van der Waals surface area contributed by atoms with Crippen LogP contribution in [0.4, 0.5) is 0 Å². The zero-order valence-electron chi connectivity index (χ0n) is 23.8. The van der Waals surface area contributed by atoms with Gasteiger partial charge in [-0.25, -0.2) is 0 Å². The van der Waals surface area contributed by atoms with Crippen LogP contribution in [0.5, 0.6) is 11.5 Å². The van der Waals surface area contributed by atoms with E-state index in [4.69, 9.17) is 18.9 Å². The molecule has 3 aromatic rings. The largest absolute Gasteiger partial charge is 0.467 e. The van der Waals surface area contributed by atoms with Crippen LogP contribution < -0.4 is 9.47 Å². The highest BCUT2D eigenvalue weighted by Gasteiger charge is 2.12. The molecule has 0 saturated carbocycles. The van der Waals surface area contributed by atoms with Crippen molar-refractivity contribution in [3.05, 3.63) is 71.8 Å². The van der Waals surface area contributed by atoms with Gasteiger partial charge in [0, 0.05) is 25.3 Å². The Hall–Kier alpha value is -3.08. The molecule has 0 unspecified atom stereocenters. The van der Waals surface area contributed by atoms with Crippen LogP contribution in [0.25, 0.3) is 33.7 Å². The number of methoxy groups -OCH3 is 2. The van der Waals surface area contributed by atoms with Crippen molar-refractivity contribution in [1.82, 2.24) is 0 Å². The summed E-state index contributed by atoms with van der Waals surface area (Å²) in [5.41, 5.74) is 2.20. The zero-order valence-corrected chi connectivity index (χ0v) is 23.8. The van der Waals surface area contributed by atoms with E-state index in [9.17, 15) is 0 Å². The summed E-state index contributed by atoms with van der Waals surface area (Å²) in [5, 5.41) is 4.71. The molecule has 0 aromatic heterocycles. The van der Waals surface area contributed by atoms with Crippen molar-refractivity contribution in [2.75, 3.05) is 27.8 Å². The summed E-state index contributed by atoms with van der Waals surface area (Å²) in [4.78, 5) is 0. The fourth-order valence-electron chi connectivity index (χ4n) is 5.21. The number of fused-ring (bicyclic) bond motifs is 13. The second-order valence-corrected chi connectivity index (χ2v) is 10.3. The topological polar surface area (TPSA) is 36.9 Å². The Labute approximate surface area is 234 Å². The van der Waals surface area contributed by atoms with E-state index in [1.54, 1.807) is 14.2 Å². The lowest BCUT2D eigenvalue weighted by Crippen LogP contribution is -2.01. The normalized spacial score (nSPS) is 18.4. The molecule has 0 aliphatic heterocycles. The summed E-state index contributed by atoms with van der Waals surface area (Å²) >= 11 is 0. The molecular weight excluding hydrogens is 484 g/mol. The quantitative estimate of drug-likeness (QED) is 0.181. The van der Waals surface area contributed by atoms with E-state index in [-0.39, 0.29) is 13.6 Å². The molecule has 39 heavy (non-hydrogen) atoms. The first kappa shape index (κ1) is 28.9. The van der Waals surface area contributed by atoms with Crippen LogP contribution in [-0.4, -0.2) is 27.8 Å². The first-order chi connectivity index (χ1) is 19.3. The van der Waals surface area contributed by atoms with E-state index < -0.39 is 0 Å². The Kier molecular flexibility index (Phi) is 12.0. The van der Waals surface area contributed by atoms with E-state index in [0.717, 1.165) is 35.5 Å². The number of benzene rings is 3. The van der Waals surface area contributed by atoms with Crippen LogP contribution in [0, 0.1) is 0 Å². The molecule has 0 amide bonds. The van der Waals surface area contributed by atoms with Crippen molar-refractivity contribution in [3.8, 4) is 11.5 Å². The molecule has 0 N–H and O–H groups in total. The second-order valence-electron chi connectivity index (χ2n) is 10.3. The molecule has 6 bridgehead atoms. The first-order valence-corrected chi connectivity index (χ1v) is 14.6. The van der Waals surface area contributed by atoms with Crippen molar-refractivity contribution in [2.24, 2.45) is 0 Å². The molecule has 4 heteroatoms. The van der Waals surface area contributed by atoms with Gasteiger partial charge in [-0.3, -0.25) is 0 Å². The molecule has 0 fully saturated rings. The van der Waals surface area contributed by atoms with Crippen molar-refractivity contribution < 1.29 is 18.9 Å². The molecule has 208 valence electrons. The lowest BCUT2D eigenvalue weighted by molar-refractivity contribution is 0.0509. The van der Waals surface area contributed by atoms with E-state index in [2.05, 4.69) is 72.9 Å². The summed E-state index contributed by atoms with van der Waals surface area (Å²) < 4.78 is 22.4. The van der Waals surface area contributed by atoms with E-state index in [1.165, 1.54) is 79.3 Å². The van der Waals surface area contributed by atoms with Crippen molar-refractivity contribution in [1.29, 1.82) is 0 Å². The number of allylic oxidation sites excluding steroid dienone is 4. The Morgan fingerprint density at radius 2 is 0.923 bits per heavy atom. The van der Waals surface area contributed by atoms with E-state index in [0.29, 0.717) is 0 Å². The molecule has 4 nitrogen and oxygen atoms in total. The maximum atomic E-state index is 5.98. The van der Waals surface area contributed by atoms with Gasteiger partial charge in [-0.05, 0) is 97.2 Å². The zero-order chi connectivity index (χ0) is 27.1. The monoisotopic (exact) mass is 528 g/mol. The van der Waals surface area contributed by atoms with Crippen LogP contribution in [0.3, 0.4) is 0 Å². The van der Waals surface area contributed by atoms with Gasteiger partial charge in [-0.1, -0.05) is 67.9 Å². The molecule has 2 aliphatic rings. The Bertz CT molecular complexity index is 1270. The van der Waals surface area contributed by atoms with Crippen molar-refractivity contribution in [2.45, 2.75) is 70.6 Å². The van der Waals surface area contributed by atoms with Gasteiger partial charge in [-0.2, -0.15) is 0 Å². The van der Waals surface area contributed by atoms with Gasteiger partial charge >= 0.3 is 0 Å². The van der Waals surface area contributed by atoms with E-state index in [1.807, 2.05) is 0 Å². The van der Waals surface area contributed by atoms with Gasteiger partial charge in [0.1, 0.15) is 11.5 Å². The molecule has 5 rings (SSSR count). The molecule has 0 radical (unpaired) electrons. The number of hydrogen-bond acceptors (Lipinski definition) is 4. The lowest BCUT2D eigenvalue weighted by atomic mass is 9.95. The van der Waals surface area contributed by atoms with Crippen LogP contribution in [0.1, 0.15) is 81.8 Å². The Morgan fingerprint density at radius 1 is 0.513 bits per heavy atom. The summed E-state index contributed by atoms with van der Waals surface area (Å²) in [6, 6.07) is 13.0. The predicted molar refractivity (Wildman–Crippen MR) is 164 cm³/mol. The third-order valence-electron chi connectivity index (χ3n) is 7.29. The summed E-state index contributed by atoms with van der Waals surface area (Å²) in [7, 11) is 3.31. The molecule has 0 spiro atoms. The van der Waals surface area contributed by atoms with Crippen molar-refractivity contribution in [3.63, 3.8) is 0 Å². The first-order valence-electron chi connectivity index (χ1n) is 14.6. The van der Waals surface area contributed by atoms with Gasteiger partial charge in [0.15, 0.2) is 13.6 Å². The van der Waals surface area contributed by atoms with Crippen LogP contribution in [0.15, 0.2) is 60.7 Å². The molecular formula is C35H44O4.